The summed E-state index contributed by atoms with van der Waals surface area (Å²) in [4.78, 5) is 10.8. The van der Waals surface area contributed by atoms with Crippen molar-refractivity contribution in [2.75, 3.05) is 0 Å². The summed E-state index contributed by atoms with van der Waals surface area (Å²) in [6.07, 6.45) is 5.65. The topological polar surface area (TPSA) is 17.1 Å². The molecule has 0 fully saturated rings. The van der Waals surface area contributed by atoms with Crippen LogP contribution in [0.3, 0.4) is 0 Å². The van der Waals surface area contributed by atoms with Crippen LogP contribution in [0.5, 0.6) is 0 Å². The molecule has 0 aliphatic carbocycles. The summed E-state index contributed by atoms with van der Waals surface area (Å²) in [6, 6.07) is 16.7. The van der Waals surface area contributed by atoms with E-state index in [0.29, 0.717) is 6.42 Å². The lowest BCUT2D eigenvalue weighted by Crippen LogP contribution is -2.11. The highest BCUT2D eigenvalue weighted by Crippen LogP contribution is 2.25. The van der Waals surface area contributed by atoms with Gasteiger partial charge in [-0.25, -0.2) is 0 Å². The zero-order valence-corrected chi connectivity index (χ0v) is 13.0. The van der Waals surface area contributed by atoms with Gasteiger partial charge in [0.15, 0.2) is 0 Å². The van der Waals surface area contributed by atoms with Crippen LogP contribution in [-0.4, -0.2) is 6.29 Å². The van der Waals surface area contributed by atoms with Crippen molar-refractivity contribution in [2.24, 2.45) is 0 Å². The van der Waals surface area contributed by atoms with E-state index in [0.717, 1.165) is 17.4 Å². The monoisotopic (exact) mass is 278 g/mol. The van der Waals surface area contributed by atoms with Crippen LogP contribution in [0, 0.1) is 0 Å². The Morgan fingerprint density at radius 1 is 0.905 bits per heavy atom. The molecule has 0 saturated heterocycles. The van der Waals surface area contributed by atoms with Crippen molar-refractivity contribution in [3.63, 3.8) is 0 Å². The summed E-state index contributed by atoms with van der Waals surface area (Å²) in [5.41, 5.74) is 4.73. The lowest BCUT2D eigenvalue weighted by atomic mass is 9.84. The van der Waals surface area contributed by atoms with Crippen LogP contribution in [-0.2, 0) is 16.6 Å². The molecule has 2 rings (SSSR count). The molecule has 21 heavy (non-hydrogen) atoms. The first-order valence-electron chi connectivity index (χ1n) is 7.30. The average Bonchev–Trinajstić information content (AvgIpc) is 2.45. The summed E-state index contributed by atoms with van der Waals surface area (Å²) < 4.78 is 0. The Morgan fingerprint density at radius 2 is 1.57 bits per heavy atom. The molecule has 0 saturated carbocycles. The smallest absolute Gasteiger partial charge is 0.124 e. The van der Waals surface area contributed by atoms with Crippen LogP contribution in [0.1, 0.15) is 43.0 Å². The van der Waals surface area contributed by atoms with Crippen molar-refractivity contribution in [3.8, 4) is 0 Å². The van der Waals surface area contributed by atoms with Crippen molar-refractivity contribution in [3.05, 3.63) is 70.8 Å². The predicted octanol–water partition coefficient (Wildman–Crippen LogP) is 4.90. The lowest BCUT2D eigenvalue weighted by molar-refractivity contribution is -0.107. The van der Waals surface area contributed by atoms with Crippen molar-refractivity contribution in [1.82, 2.24) is 0 Å². The van der Waals surface area contributed by atoms with Gasteiger partial charge in [-0.1, -0.05) is 81.5 Å². The molecule has 0 aliphatic rings. The molecule has 1 nitrogen and oxygen atoms in total. The minimum absolute atomic E-state index is 0.0776. The summed E-state index contributed by atoms with van der Waals surface area (Å²) in [6.45, 7) is 6.58. The fraction of sp³-hybridized carbons (Fsp3) is 0.250. The molecule has 108 valence electrons. The van der Waals surface area contributed by atoms with Crippen LogP contribution in [0.25, 0.3) is 12.2 Å². The van der Waals surface area contributed by atoms with Gasteiger partial charge in [0.25, 0.3) is 0 Å². The van der Waals surface area contributed by atoms with Crippen LogP contribution in [0.2, 0.25) is 0 Å². The molecule has 0 aliphatic heterocycles. The average molecular weight is 278 g/mol. The van der Waals surface area contributed by atoms with Crippen LogP contribution in [0.15, 0.2) is 48.5 Å². The third-order valence-electron chi connectivity index (χ3n) is 3.47. The number of hydrogen-bond donors (Lipinski definition) is 0. The van der Waals surface area contributed by atoms with E-state index in [1.54, 1.807) is 0 Å². The van der Waals surface area contributed by atoms with Crippen LogP contribution >= 0.6 is 0 Å². The van der Waals surface area contributed by atoms with Crippen molar-refractivity contribution in [2.45, 2.75) is 32.6 Å². The molecule has 1 heteroatoms. The Morgan fingerprint density at radius 3 is 2.19 bits per heavy atom. The number of carbonyl (C=O) groups excluding carboxylic acids is 1. The van der Waals surface area contributed by atoms with E-state index in [1.165, 1.54) is 11.1 Å². The van der Waals surface area contributed by atoms with Gasteiger partial charge in [0.05, 0.1) is 0 Å². The van der Waals surface area contributed by atoms with E-state index in [-0.39, 0.29) is 5.41 Å². The largest absolute Gasteiger partial charge is 0.303 e. The van der Waals surface area contributed by atoms with E-state index in [4.69, 9.17) is 0 Å². The zero-order chi connectivity index (χ0) is 15.3. The van der Waals surface area contributed by atoms with E-state index in [9.17, 15) is 4.79 Å². The van der Waals surface area contributed by atoms with E-state index >= 15 is 0 Å². The molecule has 0 N–H and O–H groups in total. The Labute approximate surface area is 127 Å². The van der Waals surface area contributed by atoms with Gasteiger partial charge < -0.3 is 4.79 Å². The fourth-order valence-electron chi connectivity index (χ4n) is 2.22. The summed E-state index contributed by atoms with van der Waals surface area (Å²) in [7, 11) is 0. The normalized spacial score (nSPS) is 11.8. The minimum atomic E-state index is 0.0776. The molecule has 2 aromatic rings. The molecule has 0 heterocycles. The Bertz CT molecular complexity index is 631. The number of rotatable bonds is 4. The summed E-state index contributed by atoms with van der Waals surface area (Å²) in [5, 5.41) is 0. The highest BCUT2D eigenvalue weighted by Gasteiger charge is 2.14. The first kappa shape index (κ1) is 15.2. The molecule has 0 bridgehead atoms. The van der Waals surface area contributed by atoms with E-state index < -0.39 is 0 Å². The maximum absolute atomic E-state index is 10.8. The van der Waals surface area contributed by atoms with Gasteiger partial charge in [0.2, 0.25) is 0 Å². The van der Waals surface area contributed by atoms with Gasteiger partial charge in [-0.2, -0.15) is 0 Å². The van der Waals surface area contributed by atoms with Gasteiger partial charge in [0.1, 0.15) is 6.29 Å². The van der Waals surface area contributed by atoms with Crippen LogP contribution in [0.4, 0.5) is 0 Å². The van der Waals surface area contributed by atoms with Gasteiger partial charge in [-0.05, 0) is 27.7 Å². The van der Waals surface area contributed by atoms with Gasteiger partial charge in [0, 0.05) is 6.42 Å². The standard InChI is InChI=1S/C20H22O/c1-20(2,3)19-14-17(13-18(15-19)11-12-21)10-9-16-7-5-4-6-8-16/h4-10,12-15H,11H2,1-3H3. The highest BCUT2D eigenvalue weighted by atomic mass is 16.1. The molecule has 2 aromatic carbocycles. The van der Waals surface area contributed by atoms with Crippen molar-refractivity contribution >= 4 is 18.4 Å². The zero-order valence-electron chi connectivity index (χ0n) is 13.0. The van der Waals surface area contributed by atoms with Crippen LogP contribution < -0.4 is 0 Å². The van der Waals surface area contributed by atoms with Gasteiger partial charge >= 0.3 is 0 Å². The second-order valence-electron chi connectivity index (χ2n) is 6.33. The first-order chi connectivity index (χ1) is 9.99. The quantitative estimate of drug-likeness (QED) is 0.574. The number of carbonyl (C=O) groups is 1. The molecule has 0 atom stereocenters. The third kappa shape index (κ3) is 4.42. The second-order valence-corrected chi connectivity index (χ2v) is 6.33. The molecule has 0 amide bonds. The van der Waals surface area contributed by atoms with Gasteiger partial charge in [-0.15, -0.1) is 0 Å². The number of benzene rings is 2. The second kappa shape index (κ2) is 6.53. The molecule has 0 aromatic heterocycles. The lowest BCUT2D eigenvalue weighted by Gasteiger charge is -2.20. The minimum Gasteiger partial charge on any atom is -0.303 e. The Balaban J connectivity index is 2.36. The number of hydrogen-bond acceptors (Lipinski definition) is 1. The third-order valence-corrected chi connectivity index (χ3v) is 3.47. The summed E-state index contributed by atoms with van der Waals surface area (Å²) >= 11 is 0. The number of aldehydes is 1. The molecular formula is C20H22O. The molecule has 0 radical (unpaired) electrons. The Hall–Kier alpha value is -2.15. The maximum Gasteiger partial charge on any atom is 0.124 e. The predicted molar refractivity (Wildman–Crippen MR) is 90.3 cm³/mol. The fourth-order valence-corrected chi connectivity index (χ4v) is 2.22. The molecule has 0 unspecified atom stereocenters. The summed E-state index contributed by atoms with van der Waals surface area (Å²) in [5.74, 6) is 0. The molecule has 0 spiro atoms. The SMILES string of the molecule is CC(C)(C)c1cc(C=Cc2ccccc2)cc(CC=O)c1. The van der Waals surface area contributed by atoms with Gasteiger partial charge in [-0.3, -0.25) is 0 Å². The Kier molecular flexibility index (Phi) is 4.74. The first-order valence-corrected chi connectivity index (χ1v) is 7.30. The highest BCUT2D eigenvalue weighted by molar-refractivity contribution is 5.71. The maximum atomic E-state index is 10.8. The van der Waals surface area contributed by atoms with E-state index in [2.05, 4.69) is 63.3 Å². The van der Waals surface area contributed by atoms with E-state index in [1.807, 2.05) is 18.2 Å². The van der Waals surface area contributed by atoms with Crippen molar-refractivity contribution < 1.29 is 4.79 Å². The molecular weight excluding hydrogens is 256 g/mol. The van der Waals surface area contributed by atoms with Crippen molar-refractivity contribution in [1.29, 1.82) is 0 Å².